The Bertz CT molecular complexity index is 93.6. The van der Waals surface area contributed by atoms with E-state index in [9.17, 15) is 4.39 Å². The molecule has 0 radical (unpaired) electrons. The summed E-state index contributed by atoms with van der Waals surface area (Å²) in [5.41, 5.74) is 0. The van der Waals surface area contributed by atoms with Crippen molar-refractivity contribution in [3.05, 3.63) is 0 Å². The Balaban J connectivity index is 2.11. The molecule has 1 aliphatic rings. The van der Waals surface area contributed by atoms with Gasteiger partial charge in [0.25, 0.3) is 0 Å². The number of rotatable bonds is 3. The number of halogens is 2. The van der Waals surface area contributed by atoms with E-state index in [0.717, 1.165) is 19.4 Å². The first-order valence-corrected chi connectivity index (χ1v) is 4.76. The average Bonchev–Trinajstić information content (AvgIpc) is 2.40. The molecule has 2 atom stereocenters. The molecule has 10 heavy (non-hydrogen) atoms. The molecular weight excluding hydrogens is 199 g/mol. The van der Waals surface area contributed by atoms with E-state index < -0.39 is 6.17 Å². The van der Waals surface area contributed by atoms with Gasteiger partial charge < -0.3 is 4.74 Å². The number of ether oxygens (including phenoxy) is 1. The van der Waals surface area contributed by atoms with Crippen LogP contribution in [-0.4, -0.2) is 24.2 Å². The van der Waals surface area contributed by atoms with Crippen molar-refractivity contribution in [1.29, 1.82) is 0 Å². The fraction of sp³-hybridized carbons (Fsp3) is 1.00. The van der Waals surface area contributed by atoms with E-state index >= 15 is 0 Å². The van der Waals surface area contributed by atoms with Crippen LogP contribution in [0.5, 0.6) is 0 Å². The van der Waals surface area contributed by atoms with Gasteiger partial charge in [0.05, 0.1) is 6.10 Å². The number of alkyl halides is 2. The van der Waals surface area contributed by atoms with Crippen molar-refractivity contribution >= 4 is 15.9 Å². The standard InChI is InChI=1S/C7H12BrFO/c8-5-6(9)4-7-2-1-3-10-7/h6-7H,1-5H2/t6-,7-/m0/s1. The molecule has 1 fully saturated rings. The summed E-state index contributed by atoms with van der Waals surface area (Å²) in [6.07, 6.45) is 2.15. The Morgan fingerprint density at radius 3 is 3.00 bits per heavy atom. The Morgan fingerprint density at radius 2 is 2.50 bits per heavy atom. The molecule has 1 saturated heterocycles. The lowest BCUT2D eigenvalue weighted by molar-refractivity contribution is 0.0853. The maximum absolute atomic E-state index is 12.7. The van der Waals surface area contributed by atoms with E-state index in [1.54, 1.807) is 0 Å². The molecule has 1 rings (SSSR count). The van der Waals surface area contributed by atoms with Gasteiger partial charge in [-0.25, -0.2) is 4.39 Å². The summed E-state index contributed by atoms with van der Waals surface area (Å²) >= 11 is 3.09. The minimum Gasteiger partial charge on any atom is -0.378 e. The van der Waals surface area contributed by atoms with Crippen LogP contribution in [0.2, 0.25) is 0 Å². The Kier molecular flexibility index (Phi) is 3.63. The predicted octanol–water partition coefficient (Wildman–Crippen LogP) is 2.29. The van der Waals surface area contributed by atoms with Crippen molar-refractivity contribution in [2.45, 2.75) is 31.5 Å². The van der Waals surface area contributed by atoms with Crippen LogP contribution in [0.1, 0.15) is 19.3 Å². The second kappa shape index (κ2) is 4.29. The van der Waals surface area contributed by atoms with Gasteiger partial charge in [-0.15, -0.1) is 0 Å². The van der Waals surface area contributed by atoms with E-state index in [0.29, 0.717) is 11.8 Å². The predicted molar refractivity (Wildman–Crippen MR) is 42.3 cm³/mol. The third-order valence-corrected chi connectivity index (χ3v) is 2.41. The van der Waals surface area contributed by atoms with Crippen LogP contribution < -0.4 is 0 Å². The molecule has 0 bridgehead atoms. The van der Waals surface area contributed by atoms with Gasteiger partial charge in [0, 0.05) is 18.4 Å². The minimum atomic E-state index is -0.733. The third kappa shape index (κ3) is 2.54. The van der Waals surface area contributed by atoms with Crippen molar-refractivity contribution < 1.29 is 9.13 Å². The Hall–Kier alpha value is 0.370. The minimum absolute atomic E-state index is 0.188. The number of hydrogen-bond acceptors (Lipinski definition) is 1. The number of hydrogen-bond donors (Lipinski definition) is 0. The molecule has 0 aliphatic carbocycles. The summed E-state index contributed by atoms with van der Waals surface area (Å²) in [6, 6.07) is 0. The highest BCUT2D eigenvalue weighted by molar-refractivity contribution is 9.09. The van der Waals surface area contributed by atoms with Crippen molar-refractivity contribution in [2.75, 3.05) is 11.9 Å². The van der Waals surface area contributed by atoms with Crippen LogP contribution in [0.3, 0.4) is 0 Å². The molecule has 1 heterocycles. The topological polar surface area (TPSA) is 9.23 Å². The first-order valence-electron chi connectivity index (χ1n) is 3.64. The maximum Gasteiger partial charge on any atom is 0.112 e. The van der Waals surface area contributed by atoms with Crippen LogP contribution in [0.25, 0.3) is 0 Å². The van der Waals surface area contributed by atoms with Gasteiger partial charge in [-0.3, -0.25) is 0 Å². The molecule has 1 aliphatic heterocycles. The fourth-order valence-electron chi connectivity index (χ4n) is 1.18. The molecule has 0 N–H and O–H groups in total. The molecule has 60 valence electrons. The summed E-state index contributed by atoms with van der Waals surface area (Å²) in [5, 5.41) is 0.437. The molecule has 0 saturated carbocycles. The highest BCUT2D eigenvalue weighted by Gasteiger charge is 2.19. The summed E-state index contributed by atoms with van der Waals surface area (Å²) in [4.78, 5) is 0. The average molecular weight is 211 g/mol. The Labute approximate surface area is 69.1 Å². The van der Waals surface area contributed by atoms with E-state index in [4.69, 9.17) is 4.74 Å². The smallest absolute Gasteiger partial charge is 0.112 e. The lowest BCUT2D eigenvalue weighted by Crippen LogP contribution is -2.14. The van der Waals surface area contributed by atoms with Crippen molar-refractivity contribution in [3.63, 3.8) is 0 Å². The Morgan fingerprint density at radius 1 is 1.70 bits per heavy atom. The monoisotopic (exact) mass is 210 g/mol. The van der Waals surface area contributed by atoms with Gasteiger partial charge >= 0.3 is 0 Å². The van der Waals surface area contributed by atoms with Gasteiger partial charge in [0.15, 0.2) is 0 Å². The fourth-order valence-corrected chi connectivity index (χ4v) is 1.44. The highest BCUT2D eigenvalue weighted by atomic mass is 79.9. The summed E-state index contributed by atoms with van der Waals surface area (Å²) < 4.78 is 17.9. The summed E-state index contributed by atoms with van der Waals surface area (Å²) in [5.74, 6) is 0. The van der Waals surface area contributed by atoms with Crippen LogP contribution >= 0.6 is 15.9 Å². The quantitative estimate of drug-likeness (QED) is 0.650. The van der Waals surface area contributed by atoms with Gasteiger partial charge in [-0.1, -0.05) is 15.9 Å². The molecule has 3 heteroatoms. The lowest BCUT2D eigenvalue weighted by Gasteiger charge is -2.10. The molecule has 0 unspecified atom stereocenters. The molecule has 0 amide bonds. The molecule has 0 aromatic heterocycles. The molecule has 0 aromatic carbocycles. The third-order valence-electron chi connectivity index (χ3n) is 1.71. The molecule has 1 nitrogen and oxygen atoms in total. The lowest BCUT2D eigenvalue weighted by atomic mass is 10.1. The van der Waals surface area contributed by atoms with Crippen molar-refractivity contribution in [3.8, 4) is 0 Å². The normalized spacial score (nSPS) is 28.8. The van der Waals surface area contributed by atoms with E-state index in [-0.39, 0.29) is 6.10 Å². The zero-order valence-electron chi connectivity index (χ0n) is 5.85. The second-order valence-electron chi connectivity index (χ2n) is 2.62. The van der Waals surface area contributed by atoms with Gasteiger partial charge in [0.1, 0.15) is 6.17 Å². The van der Waals surface area contributed by atoms with Crippen molar-refractivity contribution in [2.24, 2.45) is 0 Å². The largest absolute Gasteiger partial charge is 0.378 e. The highest BCUT2D eigenvalue weighted by Crippen LogP contribution is 2.18. The van der Waals surface area contributed by atoms with Crippen LogP contribution in [0.4, 0.5) is 4.39 Å². The summed E-state index contributed by atoms with van der Waals surface area (Å²) in [6.45, 7) is 0.819. The molecule has 0 spiro atoms. The van der Waals surface area contributed by atoms with E-state index in [1.807, 2.05) is 0 Å². The zero-order chi connectivity index (χ0) is 7.40. The van der Waals surface area contributed by atoms with Crippen molar-refractivity contribution in [1.82, 2.24) is 0 Å². The van der Waals surface area contributed by atoms with E-state index in [2.05, 4.69) is 15.9 Å². The van der Waals surface area contributed by atoms with Gasteiger partial charge in [-0.05, 0) is 12.8 Å². The van der Waals surface area contributed by atoms with Crippen LogP contribution in [-0.2, 0) is 4.74 Å². The van der Waals surface area contributed by atoms with Gasteiger partial charge in [0.2, 0.25) is 0 Å². The molecular formula is C7H12BrFO. The maximum atomic E-state index is 12.7. The first-order chi connectivity index (χ1) is 4.83. The SMILES string of the molecule is F[C@H](CBr)C[C@@H]1CCCO1. The van der Waals surface area contributed by atoms with E-state index in [1.165, 1.54) is 0 Å². The zero-order valence-corrected chi connectivity index (χ0v) is 7.44. The van der Waals surface area contributed by atoms with Crippen LogP contribution in [0, 0.1) is 0 Å². The second-order valence-corrected chi connectivity index (χ2v) is 3.27. The first kappa shape index (κ1) is 8.47. The molecule has 0 aromatic rings. The van der Waals surface area contributed by atoms with Gasteiger partial charge in [-0.2, -0.15) is 0 Å². The van der Waals surface area contributed by atoms with Crippen LogP contribution in [0.15, 0.2) is 0 Å². The summed E-state index contributed by atoms with van der Waals surface area (Å²) in [7, 11) is 0.